The van der Waals surface area contributed by atoms with Gasteiger partial charge in [-0.2, -0.15) is 0 Å². The maximum atomic E-state index is 13.0. The van der Waals surface area contributed by atoms with Crippen molar-refractivity contribution in [1.29, 1.82) is 0 Å². The van der Waals surface area contributed by atoms with Crippen LogP contribution in [0.1, 0.15) is 26.4 Å². The molecule has 6 heteroatoms. The summed E-state index contributed by atoms with van der Waals surface area (Å²) in [6.07, 6.45) is 0. The van der Waals surface area contributed by atoms with Crippen LogP contribution in [0.15, 0.2) is 42.5 Å². The number of ketones is 1. The number of hydrogen-bond acceptors (Lipinski definition) is 3. The molecule has 1 aromatic heterocycles. The van der Waals surface area contributed by atoms with E-state index in [9.17, 15) is 14.0 Å². The molecule has 0 bridgehead atoms. The first-order chi connectivity index (χ1) is 11.5. The van der Waals surface area contributed by atoms with E-state index in [0.29, 0.717) is 11.3 Å². The number of nitrogens with one attached hydrogen (secondary N) is 1. The smallest absolute Gasteiger partial charge is 0.340 e. The summed E-state index contributed by atoms with van der Waals surface area (Å²) in [5.41, 5.74) is 2.05. The molecule has 1 heterocycles. The van der Waals surface area contributed by atoms with Gasteiger partial charge in [-0.1, -0.05) is 29.8 Å². The van der Waals surface area contributed by atoms with Gasteiger partial charge in [0.25, 0.3) is 0 Å². The second-order valence-corrected chi connectivity index (χ2v) is 5.70. The molecule has 0 radical (unpaired) electrons. The number of Topliss-reactive ketones (excluding diaryl/α,β-unsaturated/α-hetero) is 1. The van der Waals surface area contributed by atoms with Crippen molar-refractivity contribution in [3.05, 3.63) is 70.1 Å². The molecule has 3 rings (SSSR count). The summed E-state index contributed by atoms with van der Waals surface area (Å²) >= 11 is 5.81. The zero-order valence-corrected chi connectivity index (χ0v) is 13.5. The minimum Gasteiger partial charge on any atom is -0.454 e. The van der Waals surface area contributed by atoms with Gasteiger partial charge in [0, 0.05) is 22.2 Å². The highest BCUT2D eigenvalue weighted by Crippen LogP contribution is 2.23. The molecule has 0 spiro atoms. The van der Waals surface area contributed by atoms with Crippen molar-refractivity contribution in [1.82, 2.24) is 4.98 Å². The fourth-order valence-corrected chi connectivity index (χ4v) is 2.82. The van der Waals surface area contributed by atoms with Crippen LogP contribution in [0.5, 0.6) is 0 Å². The molecule has 0 atom stereocenters. The van der Waals surface area contributed by atoms with Crippen molar-refractivity contribution >= 4 is 34.3 Å². The van der Waals surface area contributed by atoms with Gasteiger partial charge in [0.05, 0.1) is 10.6 Å². The predicted octanol–water partition coefficient (Wildman–Crippen LogP) is 4.31. The molecule has 0 saturated carbocycles. The quantitative estimate of drug-likeness (QED) is 0.566. The van der Waals surface area contributed by atoms with E-state index in [1.807, 2.05) is 24.3 Å². The highest BCUT2D eigenvalue weighted by molar-refractivity contribution is 6.33. The number of hydrogen-bond donors (Lipinski definition) is 1. The summed E-state index contributed by atoms with van der Waals surface area (Å²) in [7, 11) is 0. The Morgan fingerprint density at radius 3 is 2.71 bits per heavy atom. The molecule has 0 fully saturated rings. The van der Waals surface area contributed by atoms with Gasteiger partial charge in [0.2, 0.25) is 5.78 Å². The zero-order chi connectivity index (χ0) is 17.3. The molecule has 0 aliphatic carbocycles. The standard InChI is InChI=1S/C18H13ClFNO3/c1-10-17(13-4-2-3-5-15(13)21-10)16(22)9-24-18(23)12-7-6-11(20)8-14(12)19/h2-8,21H,9H2,1H3. The largest absolute Gasteiger partial charge is 0.454 e. The molecule has 1 N–H and O–H groups in total. The SMILES string of the molecule is Cc1[nH]c2ccccc2c1C(=O)COC(=O)c1ccc(F)cc1Cl. The third-order valence-electron chi connectivity index (χ3n) is 3.66. The Morgan fingerprint density at radius 1 is 1.21 bits per heavy atom. The number of fused-ring (bicyclic) bond motifs is 1. The van der Waals surface area contributed by atoms with Crippen molar-refractivity contribution in [2.24, 2.45) is 0 Å². The monoisotopic (exact) mass is 345 g/mol. The van der Waals surface area contributed by atoms with E-state index >= 15 is 0 Å². The van der Waals surface area contributed by atoms with Gasteiger partial charge in [-0.25, -0.2) is 9.18 Å². The van der Waals surface area contributed by atoms with E-state index < -0.39 is 18.4 Å². The summed E-state index contributed by atoms with van der Waals surface area (Å²) in [4.78, 5) is 27.6. The van der Waals surface area contributed by atoms with Gasteiger partial charge in [-0.3, -0.25) is 4.79 Å². The van der Waals surface area contributed by atoms with Crippen LogP contribution in [0.2, 0.25) is 5.02 Å². The Bertz CT molecular complexity index is 949. The number of aryl methyl sites for hydroxylation is 1. The lowest BCUT2D eigenvalue weighted by molar-refractivity contribution is 0.0475. The van der Waals surface area contributed by atoms with Crippen LogP contribution in [0.25, 0.3) is 10.9 Å². The van der Waals surface area contributed by atoms with Crippen LogP contribution in [0, 0.1) is 12.7 Å². The summed E-state index contributed by atoms with van der Waals surface area (Å²) < 4.78 is 18.0. The lowest BCUT2D eigenvalue weighted by Gasteiger charge is -2.06. The average molecular weight is 346 g/mol. The van der Waals surface area contributed by atoms with Crippen LogP contribution in [-0.4, -0.2) is 23.3 Å². The summed E-state index contributed by atoms with van der Waals surface area (Å²) in [5.74, 6) is -1.65. The van der Waals surface area contributed by atoms with Gasteiger partial charge in [0.1, 0.15) is 5.82 Å². The van der Waals surface area contributed by atoms with E-state index in [1.165, 1.54) is 6.07 Å². The third-order valence-corrected chi connectivity index (χ3v) is 3.97. The lowest BCUT2D eigenvalue weighted by Crippen LogP contribution is -2.15. The van der Waals surface area contributed by atoms with Crippen molar-refractivity contribution in [3.8, 4) is 0 Å². The molecule has 0 aliphatic heterocycles. The number of ether oxygens (including phenoxy) is 1. The van der Waals surface area contributed by atoms with Crippen LogP contribution in [0.4, 0.5) is 4.39 Å². The maximum absolute atomic E-state index is 13.0. The van der Waals surface area contributed by atoms with E-state index in [-0.39, 0.29) is 16.4 Å². The molecular weight excluding hydrogens is 333 g/mol. The van der Waals surface area contributed by atoms with Gasteiger partial charge in [-0.05, 0) is 31.2 Å². The first-order valence-corrected chi connectivity index (χ1v) is 7.58. The number of carbonyl (C=O) groups is 2. The van der Waals surface area contributed by atoms with E-state index in [1.54, 1.807) is 6.92 Å². The molecule has 3 aromatic rings. The first-order valence-electron chi connectivity index (χ1n) is 7.20. The van der Waals surface area contributed by atoms with E-state index in [0.717, 1.165) is 23.0 Å². The van der Waals surface area contributed by atoms with Crippen LogP contribution in [0.3, 0.4) is 0 Å². The van der Waals surface area contributed by atoms with Crippen molar-refractivity contribution in [3.63, 3.8) is 0 Å². The highest BCUT2D eigenvalue weighted by Gasteiger charge is 2.19. The minimum absolute atomic E-state index is 0.0153. The molecule has 0 unspecified atom stereocenters. The van der Waals surface area contributed by atoms with Gasteiger partial charge < -0.3 is 9.72 Å². The summed E-state index contributed by atoms with van der Waals surface area (Å²) in [5, 5.41) is 0.714. The predicted molar refractivity (Wildman–Crippen MR) is 89.1 cm³/mol. The number of rotatable bonds is 4. The minimum atomic E-state index is -0.772. The van der Waals surface area contributed by atoms with Crippen LogP contribution >= 0.6 is 11.6 Å². The fourth-order valence-electron chi connectivity index (χ4n) is 2.57. The van der Waals surface area contributed by atoms with E-state index in [4.69, 9.17) is 16.3 Å². The molecule has 0 aliphatic rings. The van der Waals surface area contributed by atoms with Crippen molar-refractivity contribution < 1.29 is 18.7 Å². The zero-order valence-electron chi connectivity index (χ0n) is 12.7. The Labute approximate surface area is 142 Å². The fraction of sp³-hybridized carbons (Fsp3) is 0.111. The Hall–Kier alpha value is -2.66. The summed E-state index contributed by atoms with van der Waals surface area (Å²) in [6, 6.07) is 10.7. The number of aromatic nitrogens is 1. The van der Waals surface area contributed by atoms with Crippen molar-refractivity contribution in [2.75, 3.05) is 6.61 Å². The van der Waals surface area contributed by atoms with Gasteiger partial charge in [-0.15, -0.1) is 0 Å². The average Bonchev–Trinajstić information content (AvgIpc) is 2.88. The molecule has 122 valence electrons. The Morgan fingerprint density at radius 2 is 1.96 bits per heavy atom. The lowest BCUT2D eigenvalue weighted by atomic mass is 10.1. The number of aromatic amines is 1. The van der Waals surface area contributed by atoms with Gasteiger partial charge >= 0.3 is 5.97 Å². The number of carbonyl (C=O) groups excluding carboxylic acids is 2. The molecule has 4 nitrogen and oxygen atoms in total. The number of halogens is 2. The van der Waals surface area contributed by atoms with E-state index in [2.05, 4.69) is 4.98 Å². The van der Waals surface area contributed by atoms with Gasteiger partial charge in [0.15, 0.2) is 6.61 Å². The molecular formula is C18H13ClFNO3. The Kier molecular flexibility index (Phi) is 4.36. The highest BCUT2D eigenvalue weighted by atomic mass is 35.5. The first kappa shape index (κ1) is 16.2. The second-order valence-electron chi connectivity index (χ2n) is 5.29. The molecule has 0 amide bonds. The van der Waals surface area contributed by atoms with Crippen LogP contribution < -0.4 is 0 Å². The maximum Gasteiger partial charge on any atom is 0.340 e. The topological polar surface area (TPSA) is 59.2 Å². The second kappa shape index (κ2) is 6.45. The third kappa shape index (κ3) is 3.03. The number of H-pyrrole nitrogens is 1. The summed E-state index contributed by atoms with van der Waals surface area (Å²) in [6.45, 7) is 1.36. The van der Waals surface area contributed by atoms with Crippen molar-refractivity contribution in [2.45, 2.75) is 6.92 Å². The molecule has 2 aromatic carbocycles. The number of para-hydroxylation sites is 1. The Balaban J connectivity index is 1.77. The van der Waals surface area contributed by atoms with Crippen LogP contribution in [-0.2, 0) is 4.74 Å². The normalized spacial score (nSPS) is 10.8. The molecule has 0 saturated heterocycles. The molecule has 24 heavy (non-hydrogen) atoms. The number of esters is 1. The number of benzene rings is 2.